The first-order valence-electron chi connectivity index (χ1n) is 7.97. The molecule has 1 fully saturated rings. The summed E-state index contributed by atoms with van der Waals surface area (Å²) in [6.07, 6.45) is 5.84. The summed E-state index contributed by atoms with van der Waals surface area (Å²) < 4.78 is 5.70. The third kappa shape index (κ3) is 4.78. The molecule has 0 spiro atoms. The van der Waals surface area contributed by atoms with Crippen LogP contribution in [0.5, 0.6) is 0 Å². The smallest absolute Gasteiger partial charge is 0.246 e. The van der Waals surface area contributed by atoms with Crippen LogP contribution in [0.4, 0.5) is 0 Å². The second-order valence-corrected chi connectivity index (χ2v) is 6.71. The van der Waals surface area contributed by atoms with Crippen molar-refractivity contribution in [2.24, 2.45) is 0 Å². The van der Waals surface area contributed by atoms with E-state index in [0.29, 0.717) is 13.1 Å². The van der Waals surface area contributed by atoms with Crippen molar-refractivity contribution in [3.63, 3.8) is 0 Å². The zero-order valence-corrected chi connectivity index (χ0v) is 13.9. The summed E-state index contributed by atoms with van der Waals surface area (Å²) in [7, 11) is 0. The van der Waals surface area contributed by atoms with Gasteiger partial charge in [-0.15, -0.1) is 11.3 Å². The Morgan fingerprint density at radius 3 is 2.83 bits per heavy atom. The molecule has 4 heteroatoms. The Balaban J connectivity index is 1.67. The van der Waals surface area contributed by atoms with E-state index in [9.17, 15) is 4.79 Å². The van der Waals surface area contributed by atoms with Crippen LogP contribution in [0.15, 0.2) is 53.9 Å². The van der Waals surface area contributed by atoms with Gasteiger partial charge in [0.05, 0.1) is 12.6 Å². The molecule has 2 heterocycles. The van der Waals surface area contributed by atoms with Gasteiger partial charge in [-0.2, -0.15) is 0 Å². The predicted molar refractivity (Wildman–Crippen MR) is 94.2 cm³/mol. The minimum Gasteiger partial charge on any atom is -0.376 e. The molecule has 3 nitrogen and oxygen atoms in total. The molecule has 1 saturated heterocycles. The Labute approximate surface area is 141 Å². The highest BCUT2D eigenvalue weighted by Gasteiger charge is 2.21. The van der Waals surface area contributed by atoms with Crippen molar-refractivity contribution in [2.45, 2.75) is 25.5 Å². The number of benzene rings is 1. The van der Waals surface area contributed by atoms with E-state index in [0.717, 1.165) is 25.0 Å². The van der Waals surface area contributed by atoms with E-state index in [4.69, 9.17) is 4.74 Å². The molecule has 0 aliphatic carbocycles. The van der Waals surface area contributed by atoms with Gasteiger partial charge >= 0.3 is 0 Å². The maximum atomic E-state index is 12.6. The van der Waals surface area contributed by atoms with Crippen molar-refractivity contribution in [2.75, 3.05) is 13.2 Å². The molecule has 1 aliphatic rings. The highest BCUT2D eigenvalue weighted by atomic mass is 32.1. The van der Waals surface area contributed by atoms with Crippen LogP contribution in [0.2, 0.25) is 0 Å². The monoisotopic (exact) mass is 327 g/mol. The first kappa shape index (κ1) is 16.0. The van der Waals surface area contributed by atoms with Gasteiger partial charge in [-0.3, -0.25) is 4.79 Å². The third-order valence-electron chi connectivity index (χ3n) is 3.90. The van der Waals surface area contributed by atoms with Gasteiger partial charge in [0.2, 0.25) is 5.91 Å². The van der Waals surface area contributed by atoms with Gasteiger partial charge < -0.3 is 9.64 Å². The Kier molecular flexibility index (Phi) is 5.61. The fourth-order valence-corrected chi connectivity index (χ4v) is 3.41. The standard InChI is InChI=1S/C19H21NO2S/c21-19(11-10-16-6-2-1-3-7-16)20(14-17-8-4-12-22-17)15-18-9-5-13-23-18/h1-3,5-7,9-11,13,17H,4,8,12,14-15H2/b11-10+. The van der Waals surface area contributed by atoms with Gasteiger partial charge in [-0.1, -0.05) is 36.4 Å². The molecular formula is C19H21NO2S. The molecule has 120 valence electrons. The van der Waals surface area contributed by atoms with Gasteiger partial charge in [0.1, 0.15) is 0 Å². The van der Waals surface area contributed by atoms with Crippen LogP contribution in [-0.4, -0.2) is 30.1 Å². The van der Waals surface area contributed by atoms with Crippen LogP contribution >= 0.6 is 11.3 Å². The number of carbonyl (C=O) groups is 1. The number of hydrogen-bond acceptors (Lipinski definition) is 3. The van der Waals surface area contributed by atoms with Gasteiger partial charge in [-0.25, -0.2) is 0 Å². The zero-order valence-electron chi connectivity index (χ0n) is 13.1. The van der Waals surface area contributed by atoms with Crippen LogP contribution in [0.25, 0.3) is 6.08 Å². The second-order valence-electron chi connectivity index (χ2n) is 5.68. The number of amides is 1. The highest BCUT2D eigenvalue weighted by Crippen LogP contribution is 2.17. The molecular weight excluding hydrogens is 306 g/mol. The average molecular weight is 327 g/mol. The van der Waals surface area contributed by atoms with Crippen molar-refractivity contribution in [1.29, 1.82) is 0 Å². The lowest BCUT2D eigenvalue weighted by atomic mass is 10.2. The summed E-state index contributed by atoms with van der Waals surface area (Å²) in [6, 6.07) is 14.0. The lowest BCUT2D eigenvalue weighted by molar-refractivity contribution is -0.128. The first-order valence-corrected chi connectivity index (χ1v) is 8.85. The van der Waals surface area contributed by atoms with E-state index in [1.807, 2.05) is 52.8 Å². The van der Waals surface area contributed by atoms with E-state index in [1.165, 1.54) is 4.88 Å². The van der Waals surface area contributed by atoms with Crippen LogP contribution in [0, 0.1) is 0 Å². The maximum Gasteiger partial charge on any atom is 0.246 e. The Hall–Kier alpha value is -1.91. The topological polar surface area (TPSA) is 29.5 Å². The summed E-state index contributed by atoms with van der Waals surface area (Å²) in [6.45, 7) is 2.12. The van der Waals surface area contributed by atoms with Crippen molar-refractivity contribution < 1.29 is 9.53 Å². The molecule has 1 aliphatic heterocycles. The lowest BCUT2D eigenvalue weighted by Gasteiger charge is -2.23. The number of rotatable bonds is 6. The molecule has 1 atom stereocenters. The minimum absolute atomic E-state index is 0.0396. The van der Waals surface area contributed by atoms with E-state index >= 15 is 0 Å². The first-order chi connectivity index (χ1) is 11.3. The molecule has 3 rings (SSSR count). The average Bonchev–Trinajstić information content (AvgIpc) is 3.27. The molecule has 1 amide bonds. The van der Waals surface area contributed by atoms with Gasteiger partial charge in [-0.05, 0) is 35.9 Å². The molecule has 0 saturated carbocycles. The largest absolute Gasteiger partial charge is 0.376 e. The normalized spacial score (nSPS) is 17.7. The van der Waals surface area contributed by atoms with E-state index in [2.05, 4.69) is 6.07 Å². The molecule has 0 bridgehead atoms. The second kappa shape index (κ2) is 8.09. The van der Waals surface area contributed by atoms with Crippen molar-refractivity contribution in [3.05, 3.63) is 64.4 Å². The number of ether oxygens (including phenoxy) is 1. The van der Waals surface area contributed by atoms with Crippen molar-refractivity contribution in [1.82, 2.24) is 4.90 Å². The van der Waals surface area contributed by atoms with Gasteiger partial charge in [0.25, 0.3) is 0 Å². The molecule has 1 unspecified atom stereocenters. The predicted octanol–water partition coefficient (Wildman–Crippen LogP) is 3.97. The fraction of sp³-hybridized carbons (Fsp3) is 0.316. The highest BCUT2D eigenvalue weighted by molar-refractivity contribution is 7.09. The lowest BCUT2D eigenvalue weighted by Crippen LogP contribution is -2.35. The summed E-state index contributed by atoms with van der Waals surface area (Å²) in [5.74, 6) is 0.0396. The number of thiophene rings is 1. The van der Waals surface area contributed by atoms with Crippen LogP contribution < -0.4 is 0 Å². The van der Waals surface area contributed by atoms with Crippen LogP contribution in [0.3, 0.4) is 0 Å². The van der Waals surface area contributed by atoms with Crippen LogP contribution in [-0.2, 0) is 16.1 Å². The number of nitrogens with zero attached hydrogens (tertiary/aromatic N) is 1. The van der Waals surface area contributed by atoms with Gasteiger partial charge in [0, 0.05) is 24.1 Å². The molecule has 0 radical (unpaired) electrons. The van der Waals surface area contributed by atoms with Crippen LogP contribution in [0.1, 0.15) is 23.3 Å². The Morgan fingerprint density at radius 1 is 1.26 bits per heavy atom. The Bertz CT molecular complexity index is 631. The molecule has 0 N–H and O–H groups in total. The summed E-state index contributed by atoms with van der Waals surface area (Å²) in [5, 5.41) is 2.05. The minimum atomic E-state index is 0.0396. The summed E-state index contributed by atoms with van der Waals surface area (Å²) in [4.78, 5) is 15.7. The summed E-state index contributed by atoms with van der Waals surface area (Å²) >= 11 is 1.68. The summed E-state index contributed by atoms with van der Waals surface area (Å²) in [5.41, 5.74) is 1.04. The zero-order chi connectivity index (χ0) is 15.9. The van der Waals surface area contributed by atoms with E-state index in [1.54, 1.807) is 17.4 Å². The van der Waals surface area contributed by atoms with E-state index < -0.39 is 0 Å². The maximum absolute atomic E-state index is 12.6. The van der Waals surface area contributed by atoms with Crippen molar-refractivity contribution >= 4 is 23.3 Å². The molecule has 1 aromatic carbocycles. The third-order valence-corrected chi connectivity index (χ3v) is 4.77. The van der Waals surface area contributed by atoms with E-state index in [-0.39, 0.29) is 12.0 Å². The van der Waals surface area contributed by atoms with Crippen molar-refractivity contribution in [3.8, 4) is 0 Å². The van der Waals surface area contributed by atoms with Gasteiger partial charge in [0.15, 0.2) is 0 Å². The fourth-order valence-electron chi connectivity index (χ4n) is 2.69. The quantitative estimate of drug-likeness (QED) is 0.751. The molecule has 2 aromatic rings. The number of hydrogen-bond donors (Lipinski definition) is 0. The number of carbonyl (C=O) groups excluding carboxylic acids is 1. The molecule has 23 heavy (non-hydrogen) atoms. The SMILES string of the molecule is O=C(/C=C/c1ccccc1)N(Cc1cccs1)CC1CCCO1. The Morgan fingerprint density at radius 2 is 2.13 bits per heavy atom. The molecule has 1 aromatic heterocycles.